The first-order chi connectivity index (χ1) is 15.4. The minimum absolute atomic E-state index is 0.151. The second kappa shape index (κ2) is 11.4. The largest absolute Gasteiger partial charge is 0.293 e. The lowest BCUT2D eigenvalue weighted by Gasteiger charge is -2.14. The normalized spacial score (nSPS) is 15.2. The first-order valence-corrected chi connectivity index (χ1v) is 11.3. The molecule has 0 atom stereocenters. The summed E-state index contributed by atoms with van der Waals surface area (Å²) in [7, 11) is 0. The molecule has 0 unspecified atom stereocenters. The fourth-order valence-electron chi connectivity index (χ4n) is 3.00. The van der Waals surface area contributed by atoms with Crippen LogP contribution in [-0.2, 0) is 9.59 Å². The second-order valence-corrected chi connectivity index (χ2v) is 8.78. The fraction of sp³-hybridized carbons (Fsp3) is 0.167. The molecule has 6 nitrogen and oxygen atoms in total. The Morgan fingerprint density at radius 3 is 2.38 bits per heavy atom. The lowest BCUT2D eigenvalue weighted by Crippen LogP contribution is -2.41. The molecule has 1 heterocycles. The molecular formula is C24H23N3O3S2. The van der Waals surface area contributed by atoms with Gasteiger partial charge in [0.2, 0.25) is 5.91 Å². The van der Waals surface area contributed by atoms with Crippen LogP contribution in [0.25, 0.3) is 6.08 Å². The van der Waals surface area contributed by atoms with E-state index in [4.69, 9.17) is 12.2 Å². The molecular weight excluding hydrogens is 442 g/mol. The van der Waals surface area contributed by atoms with Gasteiger partial charge in [-0.25, -0.2) is 0 Å². The highest BCUT2D eigenvalue weighted by atomic mass is 32.2. The number of hydrogen-bond acceptors (Lipinski definition) is 5. The van der Waals surface area contributed by atoms with Gasteiger partial charge in [0.25, 0.3) is 11.8 Å². The van der Waals surface area contributed by atoms with Crippen LogP contribution in [0.4, 0.5) is 0 Å². The standard InChI is InChI=1S/C24H23N3O3S2/c1-17(15-18-9-4-2-5-10-18)16-20-23(30)27(24(31)32-20)14-8-13-21(28)25-26-22(29)19-11-6-3-7-12-19/h2-7,9-12,15-16H,8,13-14H2,1H3,(H,25,28)(H,26,29)/b17-15+,20-16-. The van der Waals surface area contributed by atoms with Crippen LogP contribution in [0, 0.1) is 0 Å². The summed E-state index contributed by atoms with van der Waals surface area (Å²) < 4.78 is 0.478. The van der Waals surface area contributed by atoms with E-state index in [1.165, 1.54) is 16.7 Å². The zero-order valence-corrected chi connectivity index (χ0v) is 19.2. The minimum Gasteiger partial charge on any atom is -0.293 e. The number of hydrazine groups is 1. The van der Waals surface area contributed by atoms with Crippen molar-refractivity contribution in [1.29, 1.82) is 0 Å². The van der Waals surface area contributed by atoms with Crippen molar-refractivity contribution in [2.45, 2.75) is 19.8 Å². The van der Waals surface area contributed by atoms with Gasteiger partial charge in [0.1, 0.15) is 4.32 Å². The van der Waals surface area contributed by atoms with Gasteiger partial charge < -0.3 is 0 Å². The predicted molar refractivity (Wildman–Crippen MR) is 131 cm³/mol. The Labute approximate surface area is 196 Å². The highest BCUT2D eigenvalue weighted by Crippen LogP contribution is 2.32. The van der Waals surface area contributed by atoms with Crippen molar-refractivity contribution < 1.29 is 14.4 Å². The molecule has 1 aliphatic heterocycles. The summed E-state index contributed by atoms with van der Waals surface area (Å²) in [5.74, 6) is -0.879. The molecule has 3 rings (SSSR count). The van der Waals surface area contributed by atoms with Crippen molar-refractivity contribution in [2.24, 2.45) is 0 Å². The summed E-state index contributed by atoms with van der Waals surface area (Å²) in [6, 6.07) is 18.5. The lowest BCUT2D eigenvalue weighted by atomic mass is 10.1. The summed E-state index contributed by atoms with van der Waals surface area (Å²) in [6.07, 6.45) is 4.41. The lowest BCUT2D eigenvalue weighted by molar-refractivity contribution is -0.124. The van der Waals surface area contributed by atoms with E-state index in [9.17, 15) is 14.4 Å². The molecule has 2 aromatic carbocycles. The highest BCUT2D eigenvalue weighted by Gasteiger charge is 2.31. The van der Waals surface area contributed by atoms with Gasteiger partial charge in [-0.2, -0.15) is 0 Å². The third-order valence-corrected chi connectivity index (χ3v) is 5.94. The van der Waals surface area contributed by atoms with Crippen molar-refractivity contribution in [2.75, 3.05) is 6.54 Å². The number of benzene rings is 2. The first-order valence-electron chi connectivity index (χ1n) is 10.1. The fourth-order valence-corrected chi connectivity index (χ4v) is 4.36. The van der Waals surface area contributed by atoms with E-state index >= 15 is 0 Å². The third kappa shape index (κ3) is 6.63. The van der Waals surface area contributed by atoms with Crippen LogP contribution in [0.5, 0.6) is 0 Å². The van der Waals surface area contributed by atoms with E-state index in [2.05, 4.69) is 10.9 Å². The number of carbonyl (C=O) groups excluding carboxylic acids is 3. The van der Waals surface area contributed by atoms with Crippen LogP contribution in [0.3, 0.4) is 0 Å². The molecule has 1 saturated heterocycles. The molecule has 0 aromatic heterocycles. The number of allylic oxidation sites excluding steroid dienone is 2. The molecule has 8 heteroatoms. The maximum Gasteiger partial charge on any atom is 0.269 e. The van der Waals surface area contributed by atoms with E-state index in [-0.39, 0.29) is 24.1 Å². The molecule has 1 aliphatic rings. The third-order valence-electron chi connectivity index (χ3n) is 4.56. The number of rotatable bonds is 7. The van der Waals surface area contributed by atoms with Crippen molar-refractivity contribution in [1.82, 2.24) is 15.8 Å². The van der Waals surface area contributed by atoms with Gasteiger partial charge in [0.15, 0.2) is 0 Å². The Hall–Kier alpha value is -3.23. The maximum atomic E-state index is 12.7. The summed E-state index contributed by atoms with van der Waals surface area (Å²) in [6.45, 7) is 2.27. The Morgan fingerprint density at radius 1 is 1.03 bits per heavy atom. The van der Waals surface area contributed by atoms with Crippen LogP contribution in [0.1, 0.15) is 35.7 Å². The molecule has 164 valence electrons. The summed E-state index contributed by atoms with van der Waals surface area (Å²) in [5.41, 5.74) is 7.23. The van der Waals surface area contributed by atoms with Gasteiger partial charge in [-0.1, -0.05) is 78.6 Å². The second-order valence-electron chi connectivity index (χ2n) is 7.10. The quantitative estimate of drug-likeness (QED) is 0.366. The smallest absolute Gasteiger partial charge is 0.269 e. The number of nitrogens with one attached hydrogen (secondary N) is 2. The van der Waals surface area contributed by atoms with E-state index in [0.29, 0.717) is 27.8 Å². The molecule has 2 N–H and O–H groups in total. The van der Waals surface area contributed by atoms with Crippen molar-refractivity contribution >= 4 is 52.1 Å². The average molecular weight is 466 g/mol. The summed E-state index contributed by atoms with van der Waals surface area (Å²) >= 11 is 6.61. The van der Waals surface area contributed by atoms with Crippen molar-refractivity contribution in [3.63, 3.8) is 0 Å². The Balaban J connectivity index is 1.46. The molecule has 1 fully saturated rings. The number of thioether (sulfide) groups is 1. The summed E-state index contributed by atoms with van der Waals surface area (Å²) in [5, 5.41) is 0. The van der Waals surface area contributed by atoms with Crippen LogP contribution in [0.2, 0.25) is 0 Å². The monoisotopic (exact) mass is 465 g/mol. The molecule has 0 radical (unpaired) electrons. The zero-order valence-electron chi connectivity index (χ0n) is 17.5. The molecule has 0 aliphatic carbocycles. The summed E-state index contributed by atoms with van der Waals surface area (Å²) in [4.78, 5) is 38.8. The van der Waals surface area contributed by atoms with Crippen LogP contribution in [0.15, 0.2) is 77.2 Å². The number of carbonyl (C=O) groups is 3. The minimum atomic E-state index is -0.389. The van der Waals surface area contributed by atoms with Gasteiger partial charge in [-0.05, 0) is 42.7 Å². The van der Waals surface area contributed by atoms with E-state index < -0.39 is 0 Å². The van der Waals surface area contributed by atoms with E-state index in [0.717, 1.165) is 11.1 Å². The van der Waals surface area contributed by atoms with Gasteiger partial charge >= 0.3 is 0 Å². The first kappa shape index (κ1) is 23.4. The number of nitrogens with zero attached hydrogens (tertiary/aromatic N) is 1. The molecule has 3 amide bonds. The highest BCUT2D eigenvalue weighted by molar-refractivity contribution is 8.26. The Kier molecular flexibility index (Phi) is 8.35. The van der Waals surface area contributed by atoms with Crippen molar-refractivity contribution in [3.8, 4) is 0 Å². The van der Waals surface area contributed by atoms with Gasteiger partial charge in [0, 0.05) is 18.5 Å². The molecule has 2 aromatic rings. The van der Waals surface area contributed by atoms with Crippen LogP contribution >= 0.6 is 24.0 Å². The molecule has 0 spiro atoms. The van der Waals surface area contributed by atoms with Gasteiger partial charge in [-0.15, -0.1) is 0 Å². The number of hydrogen-bond donors (Lipinski definition) is 2. The molecule has 0 bridgehead atoms. The maximum absolute atomic E-state index is 12.7. The Morgan fingerprint density at radius 2 is 1.69 bits per heavy atom. The SMILES string of the molecule is CC(/C=C1\SC(=S)N(CCCC(=O)NNC(=O)c2ccccc2)C1=O)=C\c1ccccc1. The van der Waals surface area contributed by atoms with Crippen molar-refractivity contribution in [3.05, 3.63) is 88.3 Å². The average Bonchev–Trinajstić information content (AvgIpc) is 3.05. The number of amides is 3. The van der Waals surface area contributed by atoms with E-state index in [1.807, 2.05) is 49.4 Å². The Bertz CT molecular complexity index is 1070. The number of thiocarbonyl (C=S) groups is 1. The van der Waals surface area contributed by atoms with Gasteiger partial charge in [0.05, 0.1) is 4.91 Å². The zero-order chi connectivity index (χ0) is 22.9. The van der Waals surface area contributed by atoms with E-state index in [1.54, 1.807) is 30.3 Å². The van der Waals surface area contributed by atoms with Gasteiger partial charge in [-0.3, -0.25) is 30.1 Å². The molecule has 0 saturated carbocycles. The van der Waals surface area contributed by atoms with Crippen LogP contribution in [-0.4, -0.2) is 33.5 Å². The topological polar surface area (TPSA) is 78.5 Å². The predicted octanol–water partition coefficient (Wildman–Crippen LogP) is 4.08. The molecule has 32 heavy (non-hydrogen) atoms. The van der Waals surface area contributed by atoms with Crippen LogP contribution < -0.4 is 10.9 Å².